The van der Waals surface area contributed by atoms with Crippen molar-refractivity contribution < 1.29 is 8.42 Å². The molecule has 1 unspecified atom stereocenters. The SMILES string of the molecule is CC1CCCCN1S(=O)(=O)c1ccc(N)c2ccccc12. The highest BCUT2D eigenvalue weighted by Gasteiger charge is 2.32. The second kappa shape index (κ2) is 5.31. The lowest BCUT2D eigenvalue weighted by molar-refractivity contribution is 0.269. The van der Waals surface area contributed by atoms with Crippen LogP contribution < -0.4 is 5.73 Å². The van der Waals surface area contributed by atoms with Crippen LogP contribution in [0.25, 0.3) is 10.8 Å². The number of nitrogens with two attached hydrogens (primary N) is 1. The predicted octanol–water partition coefficient (Wildman–Crippen LogP) is 2.99. The molecule has 112 valence electrons. The van der Waals surface area contributed by atoms with Crippen LogP contribution in [-0.4, -0.2) is 25.3 Å². The summed E-state index contributed by atoms with van der Waals surface area (Å²) in [7, 11) is -3.48. The molecule has 0 amide bonds. The molecule has 2 aromatic carbocycles. The van der Waals surface area contributed by atoms with E-state index < -0.39 is 10.0 Å². The van der Waals surface area contributed by atoms with Crippen molar-refractivity contribution >= 4 is 26.5 Å². The molecule has 1 saturated heterocycles. The highest BCUT2D eigenvalue weighted by Crippen LogP contribution is 2.32. The highest BCUT2D eigenvalue weighted by molar-refractivity contribution is 7.89. The number of hydrogen-bond acceptors (Lipinski definition) is 3. The molecule has 1 fully saturated rings. The number of nitrogen functional groups attached to an aromatic ring is 1. The van der Waals surface area contributed by atoms with Crippen LogP contribution in [0.4, 0.5) is 5.69 Å². The summed E-state index contributed by atoms with van der Waals surface area (Å²) in [5.41, 5.74) is 6.57. The molecule has 1 aliphatic rings. The maximum Gasteiger partial charge on any atom is 0.243 e. The van der Waals surface area contributed by atoms with Crippen LogP contribution >= 0.6 is 0 Å². The van der Waals surface area contributed by atoms with Crippen LogP contribution in [0.15, 0.2) is 41.3 Å². The summed E-state index contributed by atoms with van der Waals surface area (Å²) in [5.74, 6) is 0. The van der Waals surface area contributed by atoms with Crippen molar-refractivity contribution in [2.24, 2.45) is 0 Å². The Morgan fingerprint density at radius 3 is 2.52 bits per heavy atom. The van der Waals surface area contributed by atoms with Gasteiger partial charge in [-0.15, -0.1) is 0 Å². The van der Waals surface area contributed by atoms with Gasteiger partial charge in [-0.25, -0.2) is 8.42 Å². The Labute approximate surface area is 125 Å². The van der Waals surface area contributed by atoms with Gasteiger partial charge in [0.05, 0.1) is 4.90 Å². The maximum atomic E-state index is 13.0. The summed E-state index contributed by atoms with van der Waals surface area (Å²) >= 11 is 0. The third-order valence-corrected chi connectivity index (χ3v) is 6.32. The summed E-state index contributed by atoms with van der Waals surface area (Å²) in [4.78, 5) is 0.362. The fourth-order valence-corrected chi connectivity index (χ4v) is 4.97. The first-order chi connectivity index (χ1) is 10.0. The molecule has 1 aliphatic heterocycles. The maximum absolute atomic E-state index is 13.0. The van der Waals surface area contributed by atoms with Gasteiger partial charge >= 0.3 is 0 Å². The molecule has 2 aromatic rings. The first-order valence-electron chi connectivity index (χ1n) is 7.31. The first kappa shape index (κ1) is 14.4. The Morgan fingerprint density at radius 2 is 1.81 bits per heavy atom. The van der Waals surface area contributed by atoms with Gasteiger partial charge in [-0.05, 0) is 31.9 Å². The van der Waals surface area contributed by atoms with Crippen molar-refractivity contribution in [1.82, 2.24) is 4.31 Å². The molecule has 3 rings (SSSR count). The second-order valence-electron chi connectivity index (χ2n) is 5.66. The van der Waals surface area contributed by atoms with E-state index in [1.54, 1.807) is 16.4 Å². The molecule has 5 heteroatoms. The van der Waals surface area contributed by atoms with Crippen LogP contribution in [0.5, 0.6) is 0 Å². The van der Waals surface area contributed by atoms with Crippen molar-refractivity contribution in [2.45, 2.75) is 37.1 Å². The quantitative estimate of drug-likeness (QED) is 0.868. The minimum atomic E-state index is -3.48. The van der Waals surface area contributed by atoms with E-state index in [2.05, 4.69) is 0 Å². The van der Waals surface area contributed by atoms with Crippen molar-refractivity contribution in [2.75, 3.05) is 12.3 Å². The third kappa shape index (κ3) is 2.40. The van der Waals surface area contributed by atoms with Crippen molar-refractivity contribution in [1.29, 1.82) is 0 Å². The first-order valence-corrected chi connectivity index (χ1v) is 8.75. The Hall–Kier alpha value is -1.59. The number of rotatable bonds is 2. The van der Waals surface area contributed by atoms with Crippen LogP contribution in [0.3, 0.4) is 0 Å². The van der Waals surface area contributed by atoms with Gasteiger partial charge in [0.15, 0.2) is 0 Å². The summed E-state index contributed by atoms with van der Waals surface area (Å²) in [6.45, 7) is 2.58. The molecular formula is C16H20N2O2S. The van der Waals surface area contributed by atoms with Gasteiger partial charge in [-0.2, -0.15) is 4.31 Å². The van der Waals surface area contributed by atoms with Gasteiger partial charge in [-0.3, -0.25) is 0 Å². The fraction of sp³-hybridized carbons (Fsp3) is 0.375. The minimum absolute atomic E-state index is 0.0556. The summed E-state index contributed by atoms with van der Waals surface area (Å²) in [6.07, 6.45) is 2.94. The zero-order valence-electron chi connectivity index (χ0n) is 12.1. The largest absolute Gasteiger partial charge is 0.398 e. The Bertz CT molecular complexity index is 771. The molecule has 0 radical (unpaired) electrons. The number of hydrogen-bond donors (Lipinski definition) is 1. The zero-order valence-corrected chi connectivity index (χ0v) is 12.9. The van der Waals surface area contributed by atoms with Gasteiger partial charge in [0.1, 0.15) is 0 Å². The normalized spacial score (nSPS) is 20.7. The Morgan fingerprint density at radius 1 is 1.10 bits per heavy atom. The second-order valence-corrected chi connectivity index (χ2v) is 7.52. The summed E-state index contributed by atoms with van der Waals surface area (Å²) in [6, 6.07) is 10.8. The molecule has 0 bridgehead atoms. The molecule has 1 heterocycles. The molecular weight excluding hydrogens is 284 g/mol. The number of fused-ring (bicyclic) bond motifs is 1. The highest BCUT2D eigenvalue weighted by atomic mass is 32.2. The van der Waals surface area contributed by atoms with E-state index in [1.165, 1.54) is 0 Å². The van der Waals surface area contributed by atoms with E-state index >= 15 is 0 Å². The van der Waals surface area contributed by atoms with E-state index in [0.29, 0.717) is 22.5 Å². The lowest BCUT2D eigenvalue weighted by Gasteiger charge is -2.32. The number of benzene rings is 2. The average Bonchev–Trinajstić information content (AvgIpc) is 2.48. The number of anilines is 1. The standard InChI is InChI=1S/C16H20N2O2S/c1-12-6-4-5-11-18(12)21(19,20)16-10-9-15(17)13-7-2-3-8-14(13)16/h2-3,7-10,12H,4-6,11,17H2,1H3. The molecule has 4 nitrogen and oxygen atoms in total. The molecule has 1 atom stereocenters. The number of piperidine rings is 1. The van der Waals surface area contributed by atoms with Crippen molar-refractivity contribution in [3.8, 4) is 0 Å². The summed E-state index contributed by atoms with van der Waals surface area (Å²) in [5, 5.41) is 1.50. The fourth-order valence-electron chi connectivity index (χ4n) is 3.07. The third-order valence-electron chi connectivity index (χ3n) is 4.25. The van der Waals surface area contributed by atoms with Gasteiger partial charge in [-0.1, -0.05) is 30.7 Å². The molecule has 0 spiro atoms. The molecule has 2 N–H and O–H groups in total. The van der Waals surface area contributed by atoms with E-state index in [1.807, 2.05) is 31.2 Å². The minimum Gasteiger partial charge on any atom is -0.398 e. The number of nitrogens with zero attached hydrogens (tertiary/aromatic N) is 1. The summed E-state index contributed by atoms with van der Waals surface area (Å²) < 4.78 is 27.6. The molecule has 0 aliphatic carbocycles. The van der Waals surface area contributed by atoms with Crippen molar-refractivity contribution in [3.63, 3.8) is 0 Å². The molecule has 21 heavy (non-hydrogen) atoms. The Kier molecular flexibility index (Phi) is 3.63. The van der Waals surface area contributed by atoms with Crippen LogP contribution in [0.2, 0.25) is 0 Å². The van der Waals surface area contributed by atoms with Gasteiger partial charge < -0.3 is 5.73 Å². The van der Waals surface area contributed by atoms with Crippen LogP contribution in [0.1, 0.15) is 26.2 Å². The van der Waals surface area contributed by atoms with Gasteiger partial charge in [0, 0.05) is 29.0 Å². The number of sulfonamides is 1. The molecule has 0 aromatic heterocycles. The monoisotopic (exact) mass is 304 g/mol. The topological polar surface area (TPSA) is 63.4 Å². The van der Waals surface area contributed by atoms with Crippen LogP contribution in [-0.2, 0) is 10.0 Å². The lowest BCUT2D eigenvalue weighted by atomic mass is 10.1. The van der Waals surface area contributed by atoms with Gasteiger partial charge in [0.25, 0.3) is 0 Å². The van der Waals surface area contributed by atoms with E-state index in [-0.39, 0.29) is 6.04 Å². The zero-order chi connectivity index (χ0) is 15.0. The van der Waals surface area contributed by atoms with E-state index in [9.17, 15) is 8.42 Å². The van der Waals surface area contributed by atoms with Crippen molar-refractivity contribution in [3.05, 3.63) is 36.4 Å². The van der Waals surface area contributed by atoms with Crippen LogP contribution in [0, 0.1) is 0 Å². The van der Waals surface area contributed by atoms with E-state index in [0.717, 1.165) is 24.6 Å². The average molecular weight is 304 g/mol. The Balaban J connectivity index is 2.17. The lowest BCUT2D eigenvalue weighted by Crippen LogP contribution is -2.41. The smallest absolute Gasteiger partial charge is 0.243 e. The van der Waals surface area contributed by atoms with Gasteiger partial charge in [0.2, 0.25) is 10.0 Å². The predicted molar refractivity (Wildman–Crippen MR) is 85.6 cm³/mol. The van der Waals surface area contributed by atoms with E-state index in [4.69, 9.17) is 5.73 Å². The molecule has 0 saturated carbocycles.